The number of benzene rings is 20. The standard InChI is InChI=1S/6C19H14S.C13H11N/c1-13-6-4-7-14(12-13)15-9-5-10-17-16-8-2-3-11-18(16)20-19(15)17;1-13-6-4-7-14(12-13)15-9-5-11-18-19(15)16-8-2-3-10-17(16)20-18;1-13-7-2-3-8-14(13)16-10-6-11-17-15-9-4-5-12-18(15)20-19(16)17;1-13-7-2-3-8-14(13)15-10-6-12-18-19(15)16-9-4-5-11-17(16)20-18;1-13-9-11-14(12-10-13)15-6-4-8-18-19(15)16-5-2-3-7-17(16)20-18;1-13-6-8-14(9-7-13)15-10-11-17-16-4-2-3-5-18(16)20-19(17)12-15;1-14-12-8-4-2-6-10(12)11-7-3-5-9-13(11)14/h6*2-12H,1H3;2-9H,1H3. The van der Waals surface area contributed by atoms with E-state index in [4.69, 9.17) is 0 Å². The molecule has 0 aliphatic rings. The molecule has 27 aromatic rings. The summed E-state index contributed by atoms with van der Waals surface area (Å²) in [6.45, 7) is 12.9. The number of aryl methyl sites for hydroxylation is 7. The molecule has 0 atom stereocenters. The summed E-state index contributed by atoms with van der Waals surface area (Å²) in [6, 6.07) is 161. The second kappa shape index (κ2) is 38.4. The molecule has 27 rings (SSSR count). The first-order valence-corrected chi connectivity index (χ1v) is 50.5. The van der Waals surface area contributed by atoms with E-state index in [0.717, 1.165) is 0 Å². The zero-order valence-electron chi connectivity index (χ0n) is 75.6. The van der Waals surface area contributed by atoms with Gasteiger partial charge in [-0.05, 0) is 192 Å². The van der Waals surface area contributed by atoms with E-state index in [1.165, 1.54) is 243 Å². The number of nitrogens with zero attached hydrogens (tertiary/aromatic N) is 1. The van der Waals surface area contributed by atoms with Crippen LogP contribution in [0.25, 0.3) is 210 Å². The van der Waals surface area contributed by atoms with Crippen molar-refractivity contribution in [1.82, 2.24) is 4.57 Å². The number of thiophene rings is 6. The molecule has 0 spiro atoms. The summed E-state index contributed by atoms with van der Waals surface area (Å²) in [5.74, 6) is 0. The third kappa shape index (κ3) is 17.4. The van der Waals surface area contributed by atoms with Crippen LogP contribution in [0.15, 0.2) is 449 Å². The third-order valence-corrected chi connectivity index (χ3v) is 32.5. The van der Waals surface area contributed by atoms with Crippen LogP contribution in [0.5, 0.6) is 0 Å². The molecule has 0 radical (unpaired) electrons. The van der Waals surface area contributed by atoms with Crippen molar-refractivity contribution in [2.75, 3.05) is 0 Å². The molecule has 0 unspecified atom stereocenters. The van der Waals surface area contributed by atoms with E-state index in [-0.39, 0.29) is 0 Å². The van der Waals surface area contributed by atoms with Crippen LogP contribution in [-0.4, -0.2) is 4.57 Å². The maximum Gasteiger partial charge on any atom is 0.0488 e. The van der Waals surface area contributed by atoms with Crippen LogP contribution in [0, 0.1) is 41.5 Å². The van der Waals surface area contributed by atoms with Crippen molar-refractivity contribution in [2.24, 2.45) is 7.05 Å². The summed E-state index contributed by atoms with van der Waals surface area (Å²) >= 11 is 11.3. The molecule has 0 fully saturated rings. The van der Waals surface area contributed by atoms with E-state index in [9.17, 15) is 0 Å². The van der Waals surface area contributed by atoms with Gasteiger partial charge in [0.25, 0.3) is 0 Å². The lowest BCUT2D eigenvalue weighted by Gasteiger charge is -2.07. The predicted molar refractivity (Wildman–Crippen MR) is 597 cm³/mol. The molecule has 7 heteroatoms. The minimum atomic E-state index is 1.29. The van der Waals surface area contributed by atoms with E-state index < -0.39 is 0 Å². The van der Waals surface area contributed by atoms with E-state index in [1.807, 2.05) is 68.0 Å². The van der Waals surface area contributed by atoms with Gasteiger partial charge in [-0.25, -0.2) is 0 Å². The summed E-state index contributed by atoms with van der Waals surface area (Å²) in [4.78, 5) is 0. The van der Waals surface area contributed by atoms with Gasteiger partial charge < -0.3 is 4.57 Å². The highest BCUT2D eigenvalue weighted by Crippen LogP contribution is 2.47. The minimum absolute atomic E-state index is 1.29. The van der Waals surface area contributed by atoms with Crippen LogP contribution < -0.4 is 0 Å². The maximum atomic E-state index is 2.31. The van der Waals surface area contributed by atoms with Gasteiger partial charge in [-0.15, -0.1) is 68.0 Å². The van der Waals surface area contributed by atoms with Gasteiger partial charge in [0.15, 0.2) is 0 Å². The summed E-state index contributed by atoms with van der Waals surface area (Å²) < 4.78 is 18.7. The zero-order valence-corrected chi connectivity index (χ0v) is 80.5. The predicted octanol–water partition coefficient (Wildman–Crippen LogP) is 39.5. The van der Waals surface area contributed by atoms with E-state index in [0.29, 0.717) is 0 Å². The van der Waals surface area contributed by atoms with Crippen molar-refractivity contribution in [3.63, 3.8) is 0 Å². The molecular weight excluding hydrogens is 1730 g/mol. The van der Waals surface area contributed by atoms with E-state index >= 15 is 0 Å². The minimum Gasteiger partial charge on any atom is -0.344 e. The van der Waals surface area contributed by atoms with Crippen LogP contribution in [-0.2, 0) is 7.05 Å². The van der Waals surface area contributed by atoms with Crippen molar-refractivity contribution in [3.05, 3.63) is 482 Å². The molecule has 0 aliphatic carbocycles. The average Bonchev–Trinajstić information content (AvgIpc) is 1.65. The Kier molecular flexibility index (Phi) is 24.7. The van der Waals surface area contributed by atoms with Crippen LogP contribution in [0.3, 0.4) is 0 Å². The smallest absolute Gasteiger partial charge is 0.0488 e. The Bertz CT molecular complexity index is 8920. The number of hydrogen-bond donors (Lipinski definition) is 0. The number of fused-ring (bicyclic) bond motifs is 21. The molecule has 644 valence electrons. The highest BCUT2D eigenvalue weighted by Gasteiger charge is 2.18. The molecule has 7 heterocycles. The fourth-order valence-corrected chi connectivity index (χ4v) is 25.9. The van der Waals surface area contributed by atoms with Crippen molar-refractivity contribution in [3.8, 4) is 66.8 Å². The lowest BCUT2D eigenvalue weighted by Crippen LogP contribution is -1.84. The van der Waals surface area contributed by atoms with Crippen LogP contribution in [0.1, 0.15) is 33.4 Å². The van der Waals surface area contributed by atoms with Crippen molar-refractivity contribution >= 4 is 211 Å². The lowest BCUT2D eigenvalue weighted by molar-refractivity contribution is 1.01. The van der Waals surface area contributed by atoms with Gasteiger partial charge in [-0.1, -0.05) is 398 Å². The molecular formula is C127H95NS6. The van der Waals surface area contributed by atoms with Gasteiger partial charge >= 0.3 is 0 Å². The summed E-state index contributed by atoms with van der Waals surface area (Å²) in [5.41, 5.74) is 26.3. The first-order chi connectivity index (χ1) is 65.9. The third-order valence-electron chi connectivity index (χ3n) is 25.5. The molecule has 0 N–H and O–H groups in total. The Hall–Kier alpha value is -14.5. The van der Waals surface area contributed by atoms with Gasteiger partial charge in [0.2, 0.25) is 0 Å². The second-order valence-electron chi connectivity index (χ2n) is 34.4. The van der Waals surface area contributed by atoms with Gasteiger partial charge in [0.05, 0.1) is 0 Å². The highest BCUT2D eigenvalue weighted by molar-refractivity contribution is 7.28. The van der Waals surface area contributed by atoms with Gasteiger partial charge in [-0.3, -0.25) is 0 Å². The van der Waals surface area contributed by atoms with Crippen molar-refractivity contribution < 1.29 is 0 Å². The first kappa shape index (κ1) is 86.2. The fraction of sp³-hybridized carbons (Fsp3) is 0.0551. The van der Waals surface area contributed by atoms with Crippen LogP contribution in [0.4, 0.5) is 0 Å². The van der Waals surface area contributed by atoms with Gasteiger partial charge in [0.1, 0.15) is 0 Å². The van der Waals surface area contributed by atoms with Gasteiger partial charge in [-0.2, -0.15) is 0 Å². The SMILES string of the molecule is Cc1ccc(-c2ccc3c(c2)sc2ccccc23)cc1.Cc1ccc(-c2cccc3sc4ccccc4c23)cc1.Cc1cccc(-c2cccc3c2sc2ccccc23)c1.Cc1cccc(-c2cccc3sc4ccccc4c23)c1.Cc1ccccc1-c1cccc2c1sc1ccccc12.Cc1ccccc1-c1cccc2sc3ccccc3c12.Cn1c2ccccc2c2ccccc21. The highest BCUT2D eigenvalue weighted by atomic mass is 32.1. The molecule has 0 amide bonds. The number of rotatable bonds is 6. The average molecular weight is 1830 g/mol. The number of para-hydroxylation sites is 2. The summed E-state index contributed by atoms with van der Waals surface area (Å²) in [6.07, 6.45) is 0. The quantitative estimate of drug-likeness (QED) is 0.156. The molecule has 7 aromatic heterocycles. The molecule has 0 saturated heterocycles. The molecule has 20 aromatic carbocycles. The fourth-order valence-electron chi connectivity index (χ4n) is 18.8. The monoisotopic (exact) mass is 1830 g/mol. The first-order valence-electron chi connectivity index (χ1n) is 45.6. The topological polar surface area (TPSA) is 4.93 Å². The Morgan fingerprint density at radius 3 is 0.918 bits per heavy atom. The molecule has 1 nitrogen and oxygen atoms in total. The Balaban J connectivity index is 0.0000000941. The largest absolute Gasteiger partial charge is 0.344 e. The van der Waals surface area contributed by atoms with E-state index in [2.05, 4.69) is 502 Å². The number of aromatic nitrogens is 1. The molecule has 134 heavy (non-hydrogen) atoms. The Labute approximate surface area is 806 Å². The number of hydrogen-bond acceptors (Lipinski definition) is 6. The van der Waals surface area contributed by atoms with Crippen molar-refractivity contribution in [2.45, 2.75) is 41.5 Å². The zero-order chi connectivity index (χ0) is 90.7. The summed E-state index contributed by atoms with van der Waals surface area (Å²) in [5, 5.41) is 19.1. The Morgan fingerprint density at radius 1 is 0.157 bits per heavy atom. The lowest BCUT2D eigenvalue weighted by atomic mass is 9.96. The van der Waals surface area contributed by atoms with Crippen molar-refractivity contribution in [1.29, 1.82) is 0 Å². The van der Waals surface area contributed by atoms with E-state index in [1.54, 1.807) is 0 Å². The van der Waals surface area contributed by atoms with Crippen LogP contribution in [0.2, 0.25) is 0 Å². The molecule has 0 saturated carbocycles. The second-order valence-corrected chi connectivity index (χ2v) is 40.8. The van der Waals surface area contributed by atoms with Gasteiger partial charge in [0, 0.05) is 150 Å². The summed E-state index contributed by atoms with van der Waals surface area (Å²) in [7, 11) is 2.12. The maximum absolute atomic E-state index is 2.31. The normalized spacial score (nSPS) is 11.2. The molecule has 0 bridgehead atoms. The van der Waals surface area contributed by atoms with Crippen LogP contribution >= 0.6 is 68.0 Å². The molecule has 0 aliphatic heterocycles. The Morgan fingerprint density at radius 2 is 0.448 bits per heavy atom.